The Bertz CT molecular complexity index is 153. The van der Waals surface area contributed by atoms with Crippen LogP contribution in [0.15, 0.2) is 12.2 Å². The first-order valence-corrected chi connectivity index (χ1v) is 3.43. The van der Waals surface area contributed by atoms with Crippen LogP contribution in [-0.2, 0) is 0 Å². The molecule has 0 unspecified atom stereocenters. The largest absolute Gasteiger partial charge is 0.372 e. The van der Waals surface area contributed by atoms with Gasteiger partial charge in [0.1, 0.15) is 6.07 Å². The first-order valence-electron chi connectivity index (χ1n) is 3.43. The summed E-state index contributed by atoms with van der Waals surface area (Å²) < 4.78 is 0. The molecule has 0 aromatic rings. The predicted molar refractivity (Wildman–Crippen MR) is 40.3 cm³/mol. The van der Waals surface area contributed by atoms with Gasteiger partial charge in [-0.15, -0.1) is 0 Å². The standard InChI is InChI=1S/C8H13NO/c1-3-4-5-6-8(2,10)7-9/h5-6,10H,3-4H2,1-2H3/b6-5+/t8-/m0/s1. The smallest absolute Gasteiger partial charge is 0.166 e. The molecule has 0 aromatic carbocycles. The van der Waals surface area contributed by atoms with Crippen molar-refractivity contribution >= 4 is 0 Å². The SMILES string of the molecule is CCC/C=C/[C@](C)(O)C#N. The van der Waals surface area contributed by atoms with Crippen LogP contribution in [0.2, 0.25) is 0 Å². The highest BCUT2D eigenvalue weighted by atomic mass is 16.3. The highest BCUT2D eigenvalue weighted by Crippen LogP contribution is 2.03. The second-order valence-corrected chi connectivity index (χ2v) is 2.45. The first kappa shape index (κ1) is 9.19. The van der Waals surface area contributed by atoms with Gasteiger partial charge < -0.3 is 5.11 Å². The Morgan fingerprint density at radius 1 is 1.70 bits per heavy atom. The molecule has 0 amide bonds. The van der Waals surface area contributed by atoms with Crippen molar-refractivity contribution in [3.8, 4) is 6.07 Å². The highest BCUT2D eigenvalue weighted by Gasteiger charge is 2.12. The Hall–Kier alpha value is -0.810. The third-order valence-corrected chi connectivity index (χ3v) is 1.12. The Balaban J connectivity index is 3.78. The van der Waals surface area contributed by atoms with Crippen LogP contribution >= 0.6 is 0 Å². The van der Waals surface area contributed by atoms with E-state index in [1.54, 1.807) is 6.07 Å². The lowest BCUT2D eigenvalue weighted by Crippen LogP contribution is -2.16. The van der Waals surface area contributed by atoms with Crippen LogP contribution in [0.1, 0.15) is 26.7 Å². The number of rotatable bonds is 3. The van der Waals surface area contributed by atoms with Crippen molar-refractivity contribution in [3.05, 3.63) is 12.2 Å². The zero-order valence-corrected chi connectivity index (χ0v) is 6.46. The quantitative estimate of drug-likeness (QED) is 0.477. The fourth-order valence-corrected chi connectivity index (χ4v) is 0.517. The Kier molecular flexibility index (Phi) is 3.75. The van der Waals surface area contributed by atoms with Crippen LogP contribution in [0, 0.1) is 11.3 Å². The summed E-state index contributed by atoms with van der Waals surface area (Å²) in [4.78, 5) is 0. The molecule has 2 heteroatoms. The summed E-state index contributed by atoms with van der Waals surface area (Å²) >= 11 is 0. The summed E-state index contributed by atoms with van der Waals surface area (Å²) in [6.07, 6.45) is 5.30. The monoisotopic (exact) mass is 139 g/mol. The van der Waals surface area contributed by atoms with E-state index in [1.165, 1.54) is 13.0 Å². The number of aliphatic hydroxyl groups is 1. The van der Waals surface area contributed by atoms with Crippen LogP contribution in [-0.4, -0.2) is 10.7 Å². The van der Waals surface area contributed by atoms with E-state index in [9.17, 15) is 0 Å². The number of hydrogen-bond donors (Lipinski definition) is 1. The molecular weight excluding hydrogens is 126 g/mol. The zero-order chi connectivity index (χ0) is 8.04. The molecule has 0 saturated heterocycles. The van der Waals surface area contributed by atoms with Gasteiger partial charge in [-0.05, 0) is 19.4 Å². The third-order valence-electron chi connectivity index (χ3n) is 1.12. The molecule has 0 saturated carbocycles. The topological polar surface area (TPSA) is 44.0 Å². The average molecular weight is 139 g/mol. The number of allylic oxidation sites excluding steroid dienone is 1. The van der Waals surface area contributed by atoms with Gasteiger partial charge in [-0.1, -0.05) is 19.4 Å². The summed E-state index contributed by atoms with van der Waals surface area (Å²) in [7, 11) is 0. The van der Waals surface area contributed by atoms with Gasteiger partial charge in [0, 0.05) is 0 Å². The molecule has 1 N–H and O–H groups in total. The lowest BCUT2D eigenvalue weighted by atomic mass is 10.1. The summed E-state index contributed by atoms with van der Waals surface area (Å²) in [6.45, 7) is 3.52. The molecule has 0 aliphatic rings. The number of nitriles is 1. The van der Waals surface area contributed by atoms with E-state index in [4.69, 9.17) is 10.4 Å². The summed E-state index contributed by atoms with van der Waals surface area (Å²) in [5, 5.41) is 17.4. The van der Waals surface area contributed by atoms with Gasteiger partial charge in [-0.25, -0.2) is 0 Å². The maximum absolute atomic E-state index is 9.10. The predicted octanol–water partition coefficient (Wildman–Crippen LogP) is 1.62. The first-order chi connectivity index (χ1) is 4.62. The summed E-state index contributed by atoms with van der Waals surface area (Å²) in [5.41, 5.74) is -1.28. The van der Waals surface area contributed by atoms with Crippen LogP contribution in [0.4, 0.5) is 0 Å². The van der Waals surface area contributed by atoms with Crippen molar-refractivity contribution in [1.82, 2.24) is 0 Å². The second kappa shape index (κ2) is 4.08. The van der Waals surface area contributed by atoms with Crippen LogP contribution in [0.3, 0.4) is 0 Å². The van der Waals surface area contributed by atoms with E-state index in [-0.39, 0.29) is 0 Å². The molecule has 56 valence electrons. The Morgan fingerprint density at radius 2 is 2.30 bits per heavy atom. The average Bonchev–Trinajstić information content (AvgIpc) is 1.89. The normalized spacial score (nSPS) is 16.6. The van der Waals surface area contributed by atoms with E-state index >= 15 is 0 Å². The van der Waals surface area contributed by atoms with E-state index in [2.05, 4.69) is 0 Å². The fourth-order valence-electron chi connectivity index (χ4n) is 0.517. The van der Waals surface area contributed by atoms with Crippen molar-refractivity contribution in [2.45, 2.75) is 32.3 Å². The minimum atomic E-state index is -1.28. The van der Waals surface area contributed by atoms with Crippen molar-refractivity contribution in [3.63, 3.8) is 0 Å². The Labute approximate surface area is 61.8 Å². The molecule has 0 radical (unpaired) electrons. The maximum Gasteiger partial charge on any atom is 0.166 e. The minimum absolute atomic E-state index is 0.915. The molecule has 0 heterocycles. The summed E-state index contributed by atoms with van der Waals surface area (Å²) in [6, 6.07) is 1.77. The molecule has 0 rings (SSSR count). The molecule has 0 spiro atoms. The van der Waals surface area contributed by atoms with Gasteiger partial charge in [-0.3, -0.25) is 0 Å². The van der Waals surface area contributed by atoms with Gasteiger partial charge in [0.25, 0.3) is 0 Å². The minimum Gasteiger partial charge on any atom is -0.372 e. The molecule has 10 heavy (non-hydrogen) atoms. The van der Waals surface area contributed by atoms with Gasteiger partial charge in [0.05, 0.1) is 0 Å². The number of hydrogen-bond acceptors (Lipinski definition) is 2. The fraction of sp³-hybridized carbons (Fsp3) is 0.625. The zero-order valence-electron chi connectivity index (χ0n) is 6.46. The highest BCUT2D eigenvalue weighted by molar-refractivity contribution is 5.11. The van der Waals surface area contributed by atoms with Crippen molar-refractivity contribution in [1.29, 1.82) is 5.26 Å². The molecule has 1 atom stereocenters. The molecule has 0 aromatic heterocycles. The van der Waals surface area contributed by atoms with Gasteiger partial charge >= 0.3 is 0 Å². The van der Waals surface area contributed by atoms with Gasteiger partial charge in [0.2, 0.25) is 0 Å². The number of unbranched alkanes of at least 4 members (excludes halogenated alkanes) is 1. The van der Waals surface area contributed by atoms with E-state index in [0.717, 1.165) is 12.8 Å². The van der Waals surface area contributed by atoms with Crippen molar-refractivity contribution in [2.75, 3.05) is 0 Å². The van der Waals surface area contributed by atoms with Gasteiger partial charge in [0.15, 0.2) is 5.60 Å². The van der Waals surface area contributed by atoms with Crippen LogP contribution in [0.5, 0.6) is 0 Å². The Morgan fingerprint density at radius 3 is 2.70 bits per heavy atom. The van der Waals surface area contributed by atoms with E-state index < -0.39 is 5.60 Å². The molecule has 0 aliphatic heterocycles. The summed E-state index contributed by atoms with van der Waals surface area (Å²) in [5.74, 6) is 0. The lowest BCUT2D eigenvalue weighted by Gasteiger charge is -2.05. The maximum atomic E-state index is 9.10. The molecule has 0 fully saturated rings. The molecule has 0 bridgehead atoms. The van der Waals surface area contributed by atoms with Crippen LogP contribution < -0.4 is 0 Å². The van der Waals surface area contributed by atoms with Crippen molar-refractivity contribution in [2.24, 2.45) is 0 Å². The van der Waals surface area contributed by atoms with E-state index in [0.29, 0.717) is 0 Å². The second-order valence-electron chi connectivity index (χ2n) is 2.45. The van der Waals surface area contributed by atoms with Crippen molar-refractivity contribution < 1.29 is 5.11 Å². The van der Waals surface area contributed by atoms with Crippen LogP contribution in [0.25, 0.3) is 0 Å². The number of nitrogens with zero attached hydrogens (tertiary/aromatic N) is 1. The molecule has 0 aliphatic carbocycles. The molecular formula is C8H13NO. The van der Waals surface area contributed by atoms with E-state index in [1.807, 2.05) is 13.0 Å². The lowest BCUT2D eigenvalue weighted by molar-refractivity contribution is 0.171. The van der Waals surface area contributed by atoms with Gasteiger partial charge in [-0.2, -0.15) is 5.26 Å². The third kappa shape index (κ3) is 4.11. The molecule has 2 nitrogen and oxygen atoms in total.